The monoisotopic (exact) mass is 266 g/mol. The lowest BCUT2D eigenvalue weighted by atomic mass is 10.1. The molecule has 4 heteroatoms. The second-order valence-electron chi connectivity index (χ2n) is 4.73. The molecule has 1 N–H and O–H groups in total. The Morgan fingerprint density at radius 1 is 1.44 bits per heavy atom. The van der Waals surface area contributed by atoms with Gasteiger partial charge in [0, 0.05) is 23.2 Å². The predicted octanol–water partition coefficient (Wildman–Crippen LogP) is 2.60. The Labute approximate surface area is 114 Å². The molecule has 2 rings (SSSR count). The molecular formula is C14H22N2OS. The molecular weight excluding hydrogens is 244 g/mol. The van der Waals surface area contributed by atoms with Gasteiger partial charge in [0.25, 0.3) is 0 Å². The number of methoxy groups -OCH3 is 1. The zero-order valence-electron chi connectivity index (χ0n) is 11.6. The van der Waals surface area contributed by atoms with Crippen LogP contribution in [0.2, 0.25) is 0 Å². The summed E-state index contributed by atoms with van der Waals surface area (Å²) in [5, 5.41) is 3.87. The number of ether oxygens (including phenoxy) is 1. The molecule has 1 aromatic rings. The average molecular weight is 266 g/mol. The lowest BCUT2D eigenvalue weighted by Crippen LogP contribution is -2.41. The maximum absolute atomic E-state index is 5.31. The first-order chi connectivity index (χ1) is 8.67. The summed E-state index contributed by atoms with van der Waals surface area (Å²) >= 11 is 1.98. The van der Waals surface area contributed by atoms with E-state index in [-0.39, 0.29) is 0 Å². The highest BCUT2D eigenvalue weighted by Crippen LogP contribution is 2.43. The molecule has 18 heavy (non-hydrogen) atoms. The maximum atomic E-state index is 5.31. The highest BCUT2D eigenvalue weighted by atomic mass is 32.2. The number of hydrogen-bond donors (Lipinski definition) is 1. The summed E-state index contributed by atoms with van der Waals surface area (Å²) in [6.45, 7) is 3.37. The first-order valence-electron chi connectivity index (χ1n) is 6.39. The van der Waals surface area contributed by atoms with Crippen LogP contribution < -0.4 is 15.0 Å². The normalized spacial score (nSPS) is 22.8. The fourth-order valence-electron chi connectivity index (χ4n) is 2.32. The lowest BCUT2D eigenvalue weighted by Gasteiger charge is -2.39. The third-order valence-corrected chi connectivity index (χ3v) is 5.17. The smallest absolute Gasteiger partial charge is 0.120 e. The van der Waals surface area contributed by atoms with Crippen LogP contribution in [-0.2, 0) is 0 Å². The molecule has 0 radical (unpaired) electrons. The molecule has 2 atom stereocenters. The third kappa shape index (κ3) is 2.59. The van der Waals surface area contributed by atoms with E-state index in [1.54, 1.807) is 7.11 Å². The number of nitrogens with zero attached hydrogens (tertiary/aromatic N) is 1. The molecule has 2 unspecified atom stereocenters. The molecule has 3 nitrogen and oxygen atoms in total. The summed E-state index contributed by atoms with van der Waals surface area (Å²) in [6, 6.07) is 6.90. The minimum absolute atomic E-state index is 0.559. The van der Waals surface area contributed by atoms with Crippen molar-refractivity contribution in [1.82, 2.24) is 5.32 Å². The lowest BCUT2D eigenvalue weighted by molar-refractivity contribution is 0.413. The van der Waals surface area contributed by atoms with Crippen LogP contribution in [0.3, 0.4) is 0 Å². The Hall–Kier alpha value is -0.870. The quantitative estimate of drug-likeness (QED) is 0.905. The number of nitrogens with one attached hydrogen (secondary N) is 1. The Kier molecular flexibility index (Phi) is 4.40. The van der Waals surface area contributed by atoms with Crippen molar-refractivity contribution in [3.63, 3.8) is 0 Å². The Bertz CT molecular complexity index is 411. The molecule has 1 aliphatic rings. The van der Waals surface area contributed by atoms with Gasteiger partial charge >= 0.3 is 0 Å². The second-order valence-corrected chi connectivity index (χ2v) is 6.01. The molecule has 0 fully saturated rings. The molecule has 0 bridgehead atoms. The van der Waals surface area contributed by atoms with Gasteiger partial charge in [-0.3, -0.25) is 0 Å². The number of thioether (sulfide) groups is 1. The van der Waals surface area contributed by atoms with Gasteiger partial charge in [-0.15, -0.1) is 11.8 Å². The van der Waals surface area contributed by atoms with Crippen LogP contribution in [0.4, 0.5) is 5.69 Å². The van der Waals surface area contributed by atoms with Crippen LogP contribution in [0.15, 0.2) is 23.1 Å². The predicted molar refractivity (Wildman–Crippen MR) is 79.0 cm³/mol. The number of rotatable bonds is 4. The van der Waals surface area contributed by atoms with Crippen molar-refractivity contribution in [2.75, 3.05) is 32.6 Å². The molecule has 1 heterocycles. The Morgan fingerprint density at radius 3 is 2.89 bits per heavy atom. The van der Waals surface area contributed by atoms with Gasteiger partial charge in [0.1, 0.15) is 5.75 Å². The van der Waals surface area contributed by atoms with Gasteiger partial charge in [-0.1, -0.05) is 0 Å². The minimum Gasteiger partial charge on any atom is -0.497 e. The van der Waals surface area contributed by atoms with Crippen LogP contribution >= 0.6 is 11.8 Å². The molecule has 1 aliphatic heterocycles. The number of fused-ring (bicyclic) bond motifs is 1. The van der Waals surface area contributed by atoms with Crippen LogP contribution in [0.25, 0.3) is 0 Å². The second kappa shape index (κ2) is 5.85. The minimum atomic E-state index is 0.559. The zero-order chi connectivity index (χ0) is 13.1. The van der Waals surface area contributed by atoms with Crippen molar-refractivity contribution < 1.29 is 4.74 Å². The summed E-state index contributed by atoms with van der Waals surface area (Å²) in [7, 11) is 5.92. The van der Waals surface area contributed by atoms with E-state index in [0.717, 1.165) is 12.3 Å². The Balaban J connectivity index is 2.23. The molecule has 0 saturated carbocycles. The summed E-state index contributed by atoms with van der Waals surface area (Å²) < 4.78 is 5.31. The van der Waals surface area contributed by atoms with Crippen molar-refractivity contribution in [3.8, 4) is 5.75 Å². The van der Waals surface area contributed by atoms with Crippen LogP contribution in [0.1, 0.15) is 13.3 Å². The molecule has 1 aromatic carbocycles. The van der Waals surface area contributed by atoms with E-state index in [9.17, 15) is 0 Å². The fraction of sp³-hybridized carbons (Fsp3) is 0.571. The van der Waals surface area contributed by atoms with Crippen molar-refractivity contribution in [2.45, 2.75) is 29.5 Å². The number of anilines is 1. The van der Waals surface area contributed by atoms with Gasteiger partial charge in [-0.05, 0) is 45.1 Å². The number of benzene rings is 1. The summed E-state index contributed by atoms with van der Waals surface area (Å²) in [6.07, 6.45) is 1.18. The van der Waals surface area contributed by atoms with E-state index in [4.69, 9.17) is 4.74 Å². The highest BCUT2D eigenvalue weighted by Gasteiger charge is 2.29. The largest absolute Gasteiger partial charge is 0.497 e. The standard InChI is InChI=1S/C14H22N2OS/c1-10-13(7-8-15-2)18-14-9-11(17-4)5-6-12(14)16(10)3/h5-6,9-10,13,15H,7-8H2,1-4H3. The molecule has 0 aliphatic carbocycles. The van der Waals surface area contributed by atoms with E-state index in [2.05, 4.69) is 36.3 Å². The Morgan fingerprint density at radius 2 is 2.22 bits per heavy atom. The fourth-order valence-corrected chi connectivity index (χ4v) is 3.78. The molecule has 0 spiro atoms. The van der Waals surface area contributed by atoms with Gasteiger partial charge in [-0.2, -0.15) is 0 Å². The molecule has 0 saturated heterocycles. The van der Waals surface area contributed by atoms with Crippen LogP contribution in [0, 0.1) is 0 Å². The first-order valence-corrected chi connectivity index (χ1v) is 7.27. The van der Waals surface area contributed by atoms with Crippen molar-refractivity contribution in [3.05, 3.63) is 18.2 Å². The molecule has 0 aromatic heterocycles. The average Bonchev–Trinajstić information content (AvgIpc) is 2.40. The SMILES string of the molecule is CNCCC1Sc2cc(OC)ccc2N(C)C1C. The molecule has 0 amide bonds. The summed E-state index contributed by atoms with van der Waals surface area (Å²) in [4.78, 5) is 3.71. The summed E-state index contributed by atoms with van der Waals surface area (Å²) in [5.74, 6) is 0.941. The van der Waals surface area contributed by atoms with E-state index < -0.39 is 0 Å². The summed E-state index contributed by atoms with van der Waals surface area (Å²) in [5.41, 5.74) is 1.31. The first kappa shape index (κ1) is 13.6. The van der Waals surface area contributed by atoms with E-state index >= 15 is 0 Å². The van der Waals surface area contributed by atoms with E-state index in [0.29, 0.717) is 11.3 Å². The maximum Gasteiger partial charge on any atom is 0.120 e. The van der Waals surface area contributed by atoms with E-state index in [1.807, 2.05) is 24.9 Å². The molecule has 100 valence electrons. The van der Waals surface area contributed by atoms with Crippen molar-refractivity contribution >= 4 is 17.4 Å². The zero-order valence-corrected chi connectivity index (χ0v) is 12.4. The van der Waals surface area contributed by atoms with Gasteiger partial charge in [0.2, 0.25) is 0 Å². The number of hydrogen-bond acceptors (Lipinski definition) is 4. The van der Waals surface area contributed by atoms with Crippen molar-refractivity contribution in [2.24, 2.45) is 0 Å². The third-order valence-electron chi connectivity index (χ3n) is 3.65. The van der Waals surface area contributed by atoms with Crippen LogP contribution in [-0.4, -0.2) is 39.0 Å². The van der Waals surface area contributed by atoms with Crippen LogP contribution in [0.5, 0.6) is 5.75 Å². The topological polar surface area (TPSA) is 24.5 Å². The van der Waals surface area contributed by atoms with Gasteiger partial charge in [0.15, 0.2) is 0 Å². The highest BCUT2D eigenvalue weighted by molar-refractivity contribution is 8.00. The van der Waals surface area contributed by atoms with Gasteiger partial charge in [0.05, 0.1) is 12.8 Å². The van der Waals surface area contributed by atoms with Gasteiger partial charge in [-0.25, -0.2) is 0 Å². The van der Waals surface area contributed by atoms with E-state index in [1.165, 1.54) is 17.0 Å². The van der Waals surface area contributed by atoms with Gasteiger partial charge < -0.3 is 15.0 Å². The van der Waals surface area contributed by atoms with Crippen molar-refractivity contribution in [1.29, 1.82) is 0 Å².